The number of amides is 1. The van der Waals surface area contributed by atoms with Crippen molar-refractivity contribution >= 4 is 46.0 Å². The number of anilines is 2. The molecule has 0 saturated heterocycles. The molecule has 3 aromatic rings. The van der Waals surface area contributed by atoms with Gasteiger partial charge in [-0.2, -0.15) is 5.10 Å². The van der Waals surface area contributed by atoms with Gasteiger partial charge in [0.25, 0.3) is 5.91 Å². The van der Waals surface area contributed by atoms with Crippen molar-refractivity contribution in [1.82, 2.24) is 14.6 Å². The summed E-state index contributed by atoms with van der Waals surface area (Å²) in [6.45, 7) is 0. The average Bonchev–Trinajstić information content (AvgIpc) is 3.04. The molecule has 0 bridgehead atoms. The Kier molecular flexibility index (Phi) is 3.29. The van der Waals surface area contributed by atoms with Crippen LogP contribution in [-0.2, 0) is 0 Å². The molecule has 20 heavy (non-hydrogen) atoms. The molecule has 0 aliphatic heterocycles. The van der Waals surface area contributed by atoms with Crippen LogP contribution in [0.3, 0.4) is 0 Å². The van der Waals surface area contributed by atoms with Gasteiger partial charge in [0.2, 0.25) is 0 Å². The number of aromatic nitrogens is 3. The lowest BCUT2D eigenvalue weighted by atomic mass is 10.3. The van der Waals surface area contributed by atoms with E-state index < -0.39 is 0 Å². The van der Waals surface area contributed by atoms with Gasteiger partial charge < -0.3 is 10.6 Å². The van der Waals surface area contributed by atoms with Crippen LogP contribution in [0.4, 0.5) is 11.5 Å². The second-order valence-electron chi connectivity index (χ2n) is 3.98. The Labute approximate surface area is 123 Å². The summed E-state index contributed by atoms with van der Waals surface area (Å²) in [5.74, 6) is 0.377. The van der Waals surface area contributed by atoms with Crippen molar-refractivity contribution in [3.05, 3.63) is 39.8 Å². The third-order valence-corrected chi connectivity index (χ3v) is 3.92. The van der Waals surface area contributed by atoms with E-state index in [1.807, 2.05) is 0 Å². The molecule has 1 amide bonds. The molecule has 0 atom stereocenters. The largest absolute Gasteiger partial charge is 0.373 e. The number of nitrogens with one attached hydrogen (secondary N) is 2. The van der Waals surface area contributed by atoms with Gasteiger partial charge in [-0.15, -0.1) is 11.3 Å². The summed E-state index contributed by atoms with van der Waals surface area (Å²) in [6, 6.07) is 1.78. The smallest absolute Gasteiger partial charge is 0.261 e. The number of hydrogen-bond donors (Lipinski definition) is 2. The molecule has 102 valence electrons. The molecule has 0 aromatic carbocycles. The standard InChI is InChI=1S/C12H10ClN5OS/c1-14-10-2-3-18-11(17-10)7(4-15-18)12(19)16-9-6-20-5-8(9)13/h2-6H,1H3,(H,14,17)(H,16,19). The molecular weight excluding hydrogens is 298 g/mol. The molecule has 3 rings (SSSR count). The van der Waals surface area contributed by atoms with Gasteiger partial charge in [-0.25, -0.2) is 9.50 Å². The molecule has 3 aromatic heterocycles. The third-order valence-electron chi connectivity index (χ3n) is 2.73. The number of carbonyl (C=O) groups excluding carboxylic acids is 1. The highest BCUT2D eigenvalue weighted by Gasteiger charge is 2.16. The molecule has 0 aliphatic rings. The maximum Gasteiger partial charge on any atom is 0.261 e. The van der Waals surface area contributed by atoms with Gasteiger partial charge in [-0.1, -0.05) is 11.6 Å². The Bertz CT molecular complexity index is 781. The lowest BCUT2D eigenvalue weighted by molar-refractivity contribution is 0.102. The summed E-state index contributed by atoms with van der Waals surface area (Å²) in [6.07, 6.45) is 3.22. The summed E-state index contributed by atoms with van der Waals surface area (Å²) in [7, 11) is 1.76. The first kappa shape index (κ1) is 12.9. The van der Waals surface area contributed by atoms with E-state index in [9.17, 15) is 4.79 Å². The Morgan fingerprint density at radius 3 is 3.00 bits per heavy atom. The van der Waals surface area contributed by atoms with Crippen LogP contribution >= 0.6 is 22.9 Å². The van der Waals surface area contributed by atoms with Crippen LogP contribution in [0.1, 0.15) is 10.4 Å². The molecule has 0 radical (unpaired) electrons. The van der Waals surface area contributed by atoms with E-state index in [2.05, 4.69) is 20.7 Å². The van der Waals surface area contributed by atoms with Crippen molar-refractivity contribution < 1.29 is 4.79 Å². The number of hydrogen-bond acceptors (Lipinski definition) is 5. The van der Waals surface area contributed by atoms with E-state index in [1.54, 1.807) is 34.6 Å². The average molecular weight is 308 g/mol. The summed E-state index contributed by atoms with van der Waals surface area (Å²) < 4.78 is 1.55. The number of nitrogens with zero attached hydrogens (tertiary/aromatic N) is 3. The molecule has 0 saturated carbocycles. The minimum Gasteiger partial charge on any atom is -0.373 e. The zero-order chi connectivity index (χ0) is 14.1. The second kappa shape index (κ2) is 5.10. The van der Waals surface area contributed by atoms with Crippen LogP contribution in [0.5, 0.6) is 0 Å². The van der Waals surface area contributed by atoms with E-state index >= 15 is 0 Å². The molecule has 0 aliphatic carbocycles. The molecule has 3 heterocycles. The fourth-order valence-corrected chi connectivity index (χ4v) is 2.69. The van der Waals surface area contributed by atoms with Crippen molar-refractivity contribution in [2.24, 2.45) is 0 Å². The van der Waals surface area contributed by atoms with Crippen molar-refractivity contribution in [3.63, 3.8) is 0 Å². The minimum absolute atomic E-state index is 0.291. The van der Waals surface area contributed by atoms with Gasteiger partial charge in [0.1, 0.15) is 11.4 Å². The van der Waals surface area contributed by atoms with Gasteiger partial charge in [0, 0.05) is 24.0 Å². The zero-order valence-electron chi connectivity index (χ0n) is 10.4. The molecular formula is C12H10ClN5OS. The highest BCUT2D eigenvalue weighted by atomic mass is 35.5. The van der Waals surface area contributed by atoms with Crippen molar-refractivity contribution in [1.29, 1.82) is 0 Å². The second-order valence-corrected chi connectivity index (χ2v) is 5.13. The third kappa shape index (κ3) is 2.21. The normalized spacial score (nSPS) is 10.7. The molecule has 6 nitrogen and oxygen atoms in total. The Balaban J connectivity index is 1.97. The van der Waals surface area contributed by atoms with Crippen molar-refractivity contribution in [3.8, 4) is 0 Å². The highest BCUT2D eigenvalue weighted by molar-refractivity contribution is 7.09. The van der Waals surface area contributed by atoms with Gasteiger partial charge in [0.15, 0.2) is 5.65 Å². The van der Waals surface area contributed by atoms with Crippen LogP contribution in [0, 0.1) is 0 Å². The predicted octanol–water partition coefficient (Wildman–Crippen LogP) is 2.74. The lowest BCUT2D eigenvalue weighted by Gasteiger charge is -2.03. The molecule has 0 unspecified atom stereocenters. The molecule has 0 fully saturated rings. The minimum atomic E-state index is -0.291. The van der Waals surface area contributed by atoms with E-state index in [0.717, 1.165) is 0 Å². The monoisotopic (exact) mass is 307 g/mol. The maximum absolute atomic E-state index is 12.3. The highest BCUT2D eigenvalue weighted by Crippen LogP contribution is 2.26. The van der Waals surface area contributed by atoms with Crippen LogP contribution in [-0.4, -0.2) is 27.6 Å². The Morgan fingerprint density at radius 1 is 1.45 bits per heavy atom. The fraction of sp³-hybridized carbons (Fsp3) is 0.0833. The topological polar surface area (TPSA) is 71.3 Å². The summed E-state index contributed by atoms with van der Waals surface area (Å²) in [5, 5.41) is 13.8. The van der Waals surface area contributed by atoms with Crippen molar-refractivity contribution in [2.75, 3.05) is 17.7 Å². The van der Waals surface area contributed by atoms with Gasteiger partial charge in [-0.3, -0.25) is 4.79 Å². The molecule has 0 spiro atoms. The zero-order valence-corrected chi connectivity index (χ0v) is 12.0. The van der Waals surface area contributed by atoms with Crippen LogP contribution in [0.2, 0.25) is 5.02 Å². The lowest BCUT2D eigenvalue weighted by Crippen LogP contribution is -2.12. The fourth-order valence-electron chi connectivity index (χ4n) is 1.73. The number of thiophene rings is 1. The van der Waals surface area contributed by atoms with E-state index in [-0.39, 0.29) is 5.91 Å². The number of carbonyl (C=O) groups is 1. The van der Waals surface area contributed by atoms with Crippen LogP contribution in [0.15, 0.2) is 29.2 Å². The molecule has 8 heteroatoms. The van der Waals surface area contributed by atoms with E-state index in [1.165, 1.54) is 17.5 Å². The summed E-state index contributed by atoms with van der Waals surface area (Å²) >= 11 is 7.38. The van der Waals surface area contributed by atoms with Crippen molar-refractivity contribution in [2.45, 2.75) is 0 Å². The summed E-state index contributed by atoms with van der Waals surface area (Å²) in [4.78, 5) is 16.6. The molecule has 2 N–H and O–H groups in total. The Hall–Kier alpha value is -2.12. The van der Waals surface area contributed by atoms with E-state index in [4.69, 9.17) is 11.6 Å². The number of fused-ring (bicyclic) bond motifs is 1. The van der Waals surface area contributed by atoms with Gasteiger partial charge >= 0.3 is 0 Å². The number of halogens is 1. The first-order valence-corrected chi connectivity index (χ1v) is 7.06. The first-order valence-electron chi connectivity index (χ1n) is 5.74. The Morgan fingerprint density at radius 2 is 2.30 bits per heavy atom. The SMILES string of the molecule is CNc1ccn2ncc(C(=O)Nc3cscc3Cl)c2n1. The van der Waals surface area contributed by atoms with Gasteiger partial charge in [-0.05, 0) is 6.07 Å². The summed E-state index contributed by atoms with van der Waals surface area (Å²) in [5.41, 5.74) is 1.47. The quantitative estimate of drug-likeness (QED) is 0.780. The van der Waals surface area contributed by atoms with Crippen LogP contribution in [0.25, 0.3) is 5.65 Å². The number of rotatable bonds is 3. The van der Waals surface area contributed by atoms with E-state index in [0.29, 0.717) is 27.7 Å². The predicted molar refractivity (Wildman–Crippen MR) is 79.8 cm³/mol. The van der Waals surface area contributed by atoms with Crippen LogP contribution < -0.4 is 10.6 Å². The van der Waals surface area contributed by atoms with Gasteiger partial charge in [0.05, 0.1) is 16.9 Å². The maximum atomic E-state index is 12.3. The first-order chi connectivity index (χ1) is 9.69.